The minimum absolute atomic E-state index is 0.0361. The molecule has 0 saturated carbocycles. The molecule has 1 heterocycles. The number of anilines is 1. The van der Waals surface area contributed by atoms with Gasteiger partial charge in [-0.2, -0.15) is 0 Å². The molecule has 2 rings (SSSR count). The minimum Gasteiger partial charge on any atom is -0.383 e. The molecule has 0 radical (unpaired) electrons. The van der Waals surface area contributed by atoms with Gasteiger partial charge in [0.1, 0.15) is 11.9 Å². The second-order valence-electron chi connectivity index (χ2n) is 4.53. The fourth-order valence-corrected chi connectivity index (χ4v) is 2.37. The van der Waals surface area contributed by atoms with Crippen molar-refractivity contribution in [3.05, 3.63) is 59.8 Å². The van der Waals surface area contributed by atoms with E-state index in [2.05, 4.69) is 22.4 Å². The molecule has 2 aromatic rings. The molecule has 0 amide bonds. The predicted octanol–water partition coefficient (Wildman–Crippen LogP) is 2.70. The van der Waals surface area contributed by atoms with E-state index in [1.807, 2.05) is 44.3 Å². The van der Waals surface area contributed by atoms with Crippen molar-refractivity contribution in [2.45, 2.75) is 19.1 Å². The Morgan fingerprint density at radius 1 is 1.20 bits per heavy atom. The van der Waals surface area contributed by atoms with Gasteiger partial charge >= 0.3 is 0 Å². The van der Waals surface area contributed by atoms with Crippen LogP contribution in [0.4, 0.5) is 5.82 Å². The normalized spacial score (nSPS) is 13.9. The quantitative estimate of drug-likeness (QED) is 0.848. The van der Waals surface area contributed by atoms with Gasteiger partial charge in [0.25, 0.3) is 0 Å². The van der Waals surface area contributed by atoms with Gasteiger partial charge in [0.2, 0.25) is 0 Å². The van der Waals surface area contributed by atoms with E-state index in [1.165, 1.54) is 0 Å². The van der Waals surface area contributed by atoms with E-state index >= 15 is 0 Å². The number of hydrogen-bond acceptors (Lipinski definition) is 4. The Bertz CT molecular complexity index is 530. The molecule has 0 aliphatic heterocycles. The van der Waals surface area contributed by atoms with Crippen molar-refractivity contribution >= 4 is 5.82 Å². The molecule has 1 aromatic heterocycles. The molecule has 3 N–H and O–H groups in total. The summed E-state index contributed by atoms with van der Waals surface area (Å²) in [5.74, 6) is 0.535. The summed E-state index contributed by atoms with van der Waals surface area (Å²) < 4.78 is 5.94. The third kappa shape index (κ3) is 3.15. The summed E-state index contributed by atoms with van der Waals surface area (Å²) in [6, 6.07) is 14.0. The van der Waals surface area contributed by atoms with E-state index in [0.29, 0.717) is 12.4 Å². The molecular formula is C16H21N3O. The monoisotopic (exact) mass is 271 g/mol. The molecule has 0 saturated heterocycles. The van der Waals surface area contributed by atoms with Crippen LogP contribution in [0.2, 0.25) is 0 Å². The number of pyridine rings is 1. The fraction of sp³-hybridized carbons (Fsp3) is 0.312. The summed E-state index contributed by atoms with van der Waals surface area (Å²) in [6.45, 7) is 2.63. The Hall–Kier alpha value is -1.91. The number of rotatable bonds is 6. The van der Waals surface area contributed by atoms with E-state index in [1.54, 1.807) is 6.20 Å². The molecule has 2 unspecified atom stereocenters. The van der Waals surface area contributed by atoms with Crippen LogP contribution < -0.4 is 11.1 Å². The Morgan fingerprint density at radius 2 is 1.95 bits per heavy atom. The van der Waals surface area contributed by atoms with Gasteiger partial charge in [-0.25, -0.2) is 4.98 Å². The van der Waals surface area contributed by atoms with Gasteiger partial charge in [-0.15, -0.1) is 0 Å². The van der Waals surface area contributed by atoms with Crippen LogP contribution in [0.3, 0.4) is 0 Å². The average Bonchev–Trinajstić information content (AvgIpc) is 2.50. The topological polar surface area (TPSA) is 60.2 Å². The van der Waals surface area contributed by atoms with Crippen molar-refractivity contribution in [2.75, 3.05) is 19.4 Å². The molecule has 106 valence electrons. The van der Waals surface area contributed by atoms with Gasteiger partial charge in [-0.1, -0.05) is 36.4 Å². The van der Waals surface area contributed by atoms with E-state index in [9.17, 15) is 0 Å². The molecule has 1 aromatic carbocycles. The lowest BCUT2D eigenvalue weighted by Crippen LogP contribution is -2.27. The van der Waals surface area contributed by atoms with Crippen LogP contribution in [0.25, 0.3) is 0 Å². The van der Waals surface area contributed by atoms with Gasteiger partial charge in [0, 0.05) is 18.4 Å². The Morgan fingerprint density at radius 3 is 2.55 bits per heavy atom. The maximum atomic E-state index is 6.00. The first-order valence-corrected chi connectivity index (χ1v) is 6.82. The van der Waals surface area contributed by atoms with Crippen molar-refractivity contribution in [3.63, 3.8) is 0 Å². The summed E-state index contributed by atoms with van der Waals surface area (Å²) >= 11 is 0. The van der Waals surface area contributed by atoms with Crippen LogP contribution in [-0.2, 0) is 4.74 Å². The van der Waals surface area contributed by atoms with Crippen LogP contribution in [0, 0.1) is 0 Å². The first-order valence-electron chi connectivity index (χ1n) is 6.82. The highest BCUT2D eigenvalue weighted by molar-refractivity contribution is 5.42. The van der Waals surface area contributed by atoms with E-state index in [-0.39, 0.29) is 12.1 Å². The van der Waals surface area contributed by atoms with Crippen LogP contribution in [-0.4, -0.2) is 18.6 Å². The molecule has 20 heavy (non-hydrogen) atoms. The molecule has 4 heteroatoms. The zero-order valence-electron chi connectivity index (χ0n) is 11.9. The van der Waals surface area contributed by atoms with Gasteiger partial charge in [0.15, 0.2) is 0 Å². The van der Waals surface area contributed by atoms with Gasteiger partial charge < -0.3 is 15.8 Å². The standard InChI is InChI=1S/C16H21N3O/c1-3-20-15(12-8-5-4-6-9-12)14(18-2)13-10-7-11-19-16(13)17/h4-11,14-15,18H,3H2,1-2H3,(H2,17,19). The summed E-state index contributed by atoms with van der Waals surface area (Å²) in [4.78, 5) is 4.17. The maximum Gasteiger partial charge on any atom is 0.128 e. The number of nitrogens with two attached hydrogens (primary N) is 1. The highest BCUT2D eigenvalue weighted by atomic mass is 16.5. The summed E-state index contributed by atoms with van der Waals surface area (Å²) in [7, 11) is 1.91. The number of likely N-dealkylation sites (N-methyl/N-ethyl adjacent to an activating group) is 1. The van der Waals surface area contributed by atoms with E-state index in [4.69, 9.17) is 10.5 Å². The molecule has 0 aliphatic rings. The van der Waals surface area contributed by atoms with Crippen LogP contribution >= 0.6 is 0 Å². The second kappa shape index (κ2) is 7.03. The lowest BCUT2D eigenvalue weighted by molar-refractivity contribution is 0.0348. The molecule has 0 fully saturated rings. The highest BCUT2D eigenvalue weighted by Crippen LogP contribution is 2.33. The zero-order valence-corrected chi connectivity index (χ0v) is 11.9. The molecule has 4 nitrogen and oxygen atoms in total. The molecule has 0 aliphatic carbocycles. The highest BCUT2D eigenvalue weighted by Gasteiger charge is 2.25. The Kier molecular flexibility index (Phi) is 5.09. The van der Waals surface area contributed by atoms with Crippen molar-refractivity contribution in [1.82, 2.24) is 10.3 Å². The number of hydrogen-bond donors (Lipinski definition) is 2. The van der Waals surface area contributed by atoms with Crippen molar-refractivity contribution < 1.29 is 4.74 Å². The molecular weight excluding hydrogens is 250 g/mol. The lowest BCUT2D eigenvalue weighted by atomic mass is 9.96. The molecule has 2 atom stereocenters. The summed E-state index contributed by atoms with van der Waals surface area (Å²) in [5, 5.41) is 3.30. The SMILES string of the molecule is CCOC(c1ccccc1)C(NC)c1cccnc1N. The number of benzene rings is 1. The minimum atomic E-state index is -0.0994. The number of nitrogens with zero attached hydrogens (tertiary/aromatic N) is 1. The van der Waals surface area contributed by atoms with E-state index in [0.717, 1.165) is 11.1 Å². The maximum absolute atomic E-state index is 6.00. The number of ether oxygens (including phenoxy) is 1. The Balaban J connectivity index is 2.38. The summed E-state index contributed by atoms with van der Waals surface area (Å²) in [5.41, 5.74) is 8.08. The largest absolute Gasteiger partial charge is 0.383 e. The smallest absolute Gasteiger partial charge is 0.128 e. The lowest BCUT2D eigenvalue weighted by Gasteiger charge is -2.28. The van der Waals surface area contributed by atoms with Gasteiger partial charge in [0.05, 0.1) is 6.04 Å². The summed E-state index contributed by atoms with van der Waals surface area (Å²) in [6.07, 6.45) is 1.60. The Labute approximate surface area is 120 Å². The van der Waals surface area contributed by atoms with Gasteiger partial charge in [-0.05, 0) is 25.6 Å². The van der Waals surface area contributed by atoms with Crippen molar-refractivity contribution in [3.8, 4) is 0 Å². The average molecular weight is 271 g/mol. The zero-order chi connectivity index (χ0) is 14.4. The second-order valence-corrected chi connectivity index (χ2v) is 4.53. The van der Waals surface area contributed by atoms with Crippen LogP contribution in [0.5, 0.6) is 0 Å². The molecule has 0 spiro atoms. The molecule has 0 bridgehead atoms. The van der Waals surface area contributed by atoms with Crippen LogP contribution in [0.1, 0.15) is 30.2 Å². The van der Waals surface area contributed by atoms with Crippen LogP contribution in [0.15, 0.2) is 48.7 Å². The fourth-order valence-electron chi connectivity index (χ4n) is 2.37. The van der Waals surface area contributed by atoms with Crippen molar-refractivity contribution in [2.24, 2.45) is 0 Å². The third-order valence-electron chi connectivity index (χ3n) is 3.29. The number of aromatic nitrogens is 1. The number of nitrogen functional groups attached to an aromatic ring is 1. The van der Waals surface area contributed by atoms with Gasteiger partial charge in [-0.3, -0.25) is 0 Å². The van der Waals surface area contributed by atoms with Crippen molar-refractivity contribution in [1.29, 1.82) is 0 Å². The first kappa shape index (κ1) is 14.5. The predicted molar refractivity (Wildman–Crippen MR) is 81.3 cm³/mol. The first-order chi connectivity index (χ1) is 9.77. The third-order valence-corrected chi connectivity index (χ3v) is 3.29. The van der Waals surface area contributed by atoms with E-state index < -0.39 is 0 Å². The number of nitrogens with one attached hydrogen (secondary N) is 1.